The lowest BCUT2D eigenvalue weighted by molar-refractivity contribution is -0.140. The van der Waals surface area contributed by atoms with Crippen molar-refractivity contribution >= 4 is 11.9 Å². The first kappa shape index (κ1) is 11.3. The summed E-state index contributed by atoms with van der Waals surface area (Å²) in [4.78, 5) is 24.4. The number of carbonyl (C=O) groups is 2. The van der Waals surface area contributed by atoms with Crippen molar-refractivity contribution in [2.75, 3.05) is 33.2 Å². The molecule has 2 N–H and O–H groups in total. The van der Waals surface area contributed by atoms with Gasteiger partial charge in [0.05, 0.1) is 11.8 Å². The Kier molecular flexibility index (Phi) is 3.11. The van der Waals surface area contributed by atoms with Gasteiger partial charge in [-0.2, -0.15) is 0 Å². The van der Waals surface area contributed by atoms with E-state index in [1.165, 1.54) is 0 Å². The summed E-state index contributed by atoms with van der Waals surface area (Å²) in [5, 5.41) is 10.6. The highest BCUT2D eigenvalue weighted by Crippen LogP contribution is 2.38. The Hall–Kier alpha value is -1.14. The van der Waals surface area contributed by atoms with Gasteiger partial charge in [0.25, 0.3) is 0 Å². The fourth-order valence-corrected chi connectivity index (χ4v) is 1.91. The number of nitrogens with one attached hydrogen (secondary N) is 1. The molecule has 90 valence electrons. The molecule has 2 rings (SSSR count). The molecule has 2 unspecified atom stereocenters. The van der Waals surface area contributed by atoms with E-state index in [4.69, 9.17) is 5.11 Å². The van der Waals surface area contributed by atoms with Crippen LogP contribution in [-0.2, 0) is 9.59 Å². The molecule has 1 aliphatic heterocycles. The molecule has 2 aliphatic rings. The third-order valence-electron chi connectivity index (χ3n) is 3.22. The van der Waals surface area contributed by atoms with Crippen molar-refractivity contribution in [1.82, 2.24) is 15.3 Å². The smallest absolute Gasteiger partial charge is 0.307 e. The van der Waals surface area contributed by atoms with Crippen molar-refractivity contribution in [1.29, 1.82) is 0 Å². The Morgan fingerprint density at radius 3 is 2.31 bits per heavy atom. The van der Waals surface area contributed by atoms with Crippen LogP contribution in [0.4, 0.5) is 0 Å². The number of hydrogen-bond acceptors (Lipinski definition) is 4. The van der Waals surface area contributed by atoms with Gasteiger partial charge >= 0.3 is 5.97 Å². The molecule has 2 atom stereocenters. The SMILES string of the molecule is CN1CCN(NC(=O)C2CC2C(=O)O)CC1. The molecule has 1 saturated heterocycles. The fourth-order valence-electron chi connectivity index (χ4n) is 1.91. The maximum atomic E-state index is 11.6. The number of rotatable bonds is 3. The first-order valence-electron chi connectivity index (χ1n) is 5.54. The first-order valence-corrected chi connectivity index (χ1v) is 5.54. The van der Waals surface area contributed by atoms with Crippen LogP contribution in [0.5, 0.6) is 0 Å². The number of piperazine rings is 1. The Morgan fingerprint density at radius 1 is 1.19 bits per heavy atom. The molecular weight excluding hydrogens is 210 g/mol. The molecule has 0 bridgehead atoms. The Morgan fingerprint density at radius 2 is 1.81 bits per heavy atom. The summed E-state index contributed by atoms with van der Waals surface area (Å²) >= 11 is 0. The molecule has 1 amide bonds. The monoisotopic (exact) mass is 227 g/mol. The molecular formula is C10H17N3O3. The number of carboxylic acids is 1. The predicted molar refractivity (Wildman–Crippen MR) is 56.4 cm³/mol. The number of nitrogens with zero attached hydrogens (tertiary/aromatic N) is 2. The van der Waals surface area contributed by atoms with E-state index in [0.717, 1.165) is 26.2 Å². The second kappa shape index (κ2) is 4.39. The van der Waals surface area contributed by atoms with Gasteiger partial charge in [0.15, 0.2) is 0 Å². The summed E-state index contributed by atoms with van der Waals surface area (Å²) in [6.45, 7) is 3.44. The van der Waals surface area contributed by atoms with E-state index in [-0.39, 0.29) is 11.8 Å². The van der Waals surface area contributed by atoms with Crippen LogP contribution in [0, 0.1) is 11.8 Å². The summed E-state index contributed by atoms with van der Waals surface area (Å²) in [6, 6.07) is 0. The van der Waals surface area contributed by atoms with Gasteiger partial charge in [-0.25, -0.2) is 5.01 Å². The zero-order valence-corrected chi connectivity index (χ0v) is 9.35. The lowest BCUT2D eigenvalue weighted by atomic mass is 10.3. The van der Waals surface area contributed by atoms with Crippen molar-refractivity contribution in [3.63, 3.8) is 0 Å². The minimum Gasteiger partial charge on any atom is -0.481 e. The summed E-state index contributed by atoms with van der Waals surface area (Å²) < 4.78 is 0. The molecule has 1 saturated carbocycles. The van der Waals surface area contributed by atoms with Crippen LogP contribution in [0.1, 0.15) is 6.42 Å². The van der Waals surface area contributed by atoms with Crippen LogP contribution >= 0.6 is 0 Å². The molecule has 1 aliphatic carbocycles. The lowest BCUT2D eigenvalue weighted by Gasteiger charge is -2.32. The molecule has 6 nitrogen and oxygen atoms in total. The molecule has 2 fully saturated rings. The van der Waals surface area contributed by atoms with E-state index in [0.29, 0.717) is 6.42 Å². The van der Waals surface area contributed by atoms with E-state index >= 15 is 0 Å². The second-order valence-electron chi connectivity index (χ2n) is 4.55. The molecule has 0 aromatic heterocycles. The van der Waals surface area contributed by atoms with E-state index in [9.17, 15) is 9.59 Å². The van der Waals surface area contributed by atoms with Crippen molar-refractivity contribution in [3.8, 4) is 0 Å². The Balaban J connectivity index is 1.74. The highest BCUT2D eigenvalue weighted by atomic mass is 16.4. The Labute approximate surface area is 94.2 Å². The number of hydrogen-bond donors (Lipinski definition) is 2. The van der Waals surface area contributed by atoms with Crippen LogP contribution < -0.4 is 5.43 Å². The normalized spacial score (nSPS) is 31.1. The second-order valence-corrected chi connectivity index (χ2v) is 4.55. The zero-order chi connectivity index (χ0) is 11.7. The van der Waals surface area contributed by atoms with E-state index < -0.39 is 11.9 Å². The van der Waals surface area contributed by atoms with E-state index in [2.05, 4.69) is 10.3 Å². The van der Waals surface area contributed by atoms with Gasteiger partial charge in [-0.1, -0.05) is 0 Å². The largest absolute Gasteiger partial charge is 0.481 e. The quantitative estimate of drug-likeness (QED) is 0.646. The minimum atomic E-state index is -0.862. The summed E-state index contributed by atoms with van der Waals surface area (Å²) in [6.07, 6.45) is 0.481. The predicted octanol–water partition coefficient (Wildman–Crippen LogP) is -1.01. The number of amides is 1. The van der Waals surface area contributed by atoms with Crippen molar-refractivity contribution in [3.05, 3.63) is 0 Å². The van der Waals surface area contributed by atoms with E-state index in [1.807, 2.05) is 12.1 Å². The molecule has 1 heterocycles. The van der Waals surface area contributed by atoms with E-state index in [1.54, 1.807) is 0 Å². The third kappa shape index (κ3) is 2.51. The van der Waals surface area contributed by atoms with Gasteiger partial charge in [-0.3, -0.25) is 15.0 Å². The molecule has 0 spiro atoms. The minimum absolute atomic E-state index is 0.142. The highest BCUT2D eigenvalue weighted by molar-refractivity contribution is 5.89. The molecule has 0 aromatic rings. The molecule has 0 aromatic carbocycles. The van der Waals surface area contributed by atoms with Crippen LogP contribution in [-0.4, -0.2) is 60.1 Å². The molecule has 0 radical (unpaired) electrons. The lowest BCUT2D eigenvalue weighted by Crippen LogP contribution is -2.53. The molecule has 6 heteroatoms. The summed E-state index contributed by atoms with van der Waals surface area (Å²) in [5.74, 6) is -1.79. The average molecular weight is 227 g/mol. The van der Waals surface area contributed by atoms with Gasteiger partial charge in [0.1, 0.15) is 0 Å². The van der Waals surface area contributed by atoms with Crippen LogP contribution in [0.3, 0.4) is 0 Å². The van der Waals surface area contributed by atoms with Gasteiger partial charge in [-0.15, -0.1) is 0 Å². The van der Waals surface area contributed by atoms with Crippen LogP contribution in [0.15, 0.2) is 0 Å². The van der Waals surface area contributed by atoms with Gasteiger partial charge in [-0.05, 0) is 13.5 Å². The maximum Gasteiger partial charge on any atom is 0.307 e. The van der Waals surface area contributed by atoms with Crippen molar-refractivity contribution in [2.24, 2.45) is 11.8 Å². The van der Waals surface area contributed by atoms with Crippen molar-refractivity contribution in [2.45, 2.75) is 6.42 Å². The third-order valence-corrected chi connectivity index (χ3v) is 3.22. The highest BCUT2D eigenvalue weighted by Gasteiger charge is 2.48. The number of carbonyl (C=O) groups excluding carboxylic acids is 1. The summed E-state index contributed by atoms with van der Waals surface area (Å²) in [5.41, 5.74) is 2.79. The van der Waals surface area contributed by atoms with Crippen molar-refractivity contribution < 1.29 is 14.7 Å². The van der Waals surface area contributed by atoms with Crippen LogP contribution in [0.25, 0.3) is 0 Å². The Bertz CT molecular complexity index is 300. The topological polar surface area (TPSA) is 72.9 Å². The van der Waals surface area contributed by atoms with Gasteiger partial charge in [0.2, 0.25) is 5.91 Å². The average Bonchev–Trinajstić information content (AvgIpc) is 3.01. The fraction of sp³-hybridized carbons (Fsp3) is 0.800. The van der Waals surface area contributed by atoms with Crippen LogP contribution in [0.2, 0.25) is 0 Å². The zero-order valence-electron chi connectivity index (χ0n) is 9.35. The number of likely N-dealkylation sites (N-methyl/N-ethyl adjacent to an activating group) is 1. The molecule has 16 heavy (non-hydrogen) atoms. The maximum absolute atomic E-state index is 11.6. The summed E-state index contributed by atoms with van der Waals surface area (Å²) in [7, 11) is 2.04. The number of carboxylic acid groups (broad SMARTS) is 1. The van der Waals surface area contributed by atoms with Gasteiger partial charge < -0.3 is 10.0 Å². The number of hydrazine groups is 1. The number of aliphatic carboxylic acids is 1. The standard InChI is InChI=1S/C10H17N3O3/c1-12-2-4-13(5-3-12)11-9(14)7-6-8(7)10(15)16/h7-8H,2-6H2,1H3,(H,11,14)(H,15,16). The van der Waals surface area contributed by atoms with Gasteiger partial charge in [0, 0.05) is 26.2 Å². The first-order chi connectivity index (χ1) is 7.58.